The maximum atomic E-state index is 14.7. The van der Waals surface area contributed by atoms with E-state index in [4.69, 9.17) is 11.6 Å². The van der Waals surface area contributed by atoms with E-state index < -0.39 is 33.9 Å². The van der Waals surface area contributed by atoms with E-state index in [0.29, 0.717) is 23.8 Å². The Labute approximate surface area is 175 Å². The zero-order valence-electron chi connectivity index (χ0n) is 16.9. The maximum absolute atomic E-state index is 14.7. The Morgan fingerprint density at radius 1 is 0.897 bits per heavy atom. The molecule has 5 heteroatoms. The van der Waals surface area contributed by atoms with E-state index in [9.17, 15) is 17.6 Å². The third-order valence-electron chi connectivity index (χ3n) is 6.33. The maximum Gasteiger partial charge on any atom is 0.145 e. The van der Waals surface area contributed by atoms with Crippen molar-refractivity contribution in [2.24, 2.45) is 17.8 Å². The van der Waals surface area contributed by atoms with Crippen LogP contribution in [0.2, 0.25) is 5.02 Å². The van der Waals surface area contributed by atoms with Crippen LogP contribution in [0.5, 0.6) is 0 Å². The molecule has 1 saturated carbocycles. The third kappa shape index (κ3) is 5.14. The molecule has 1 unspecified atom stereocenters. The highest BCUT2D eigenvalue weighted by molar-refractivity contribution is 6.31. The van der Waals surface area contributed by atoms with Gasteiger partial charge in [0.15, 0.2) is 0 Å². The van der Waals surface area contributed by atoms with Crippen molar-refractivity contribution in [2.45, 2.75) is 58.8 Å². The SMILES string of the molecule is CCCC1CCC(C(C)Cc2cc(F)c(-c3cc(F)c(Cl)c(F)c3)c(F)c2)CC1. The molecule has 1 aliphatic rings. The predicted octanol–water partition coefficient (Wildman–Crippen LogP) is 8.35. The monoisotopic (exact) mass is 426 g/mol. The van der Waals surface area contributed by atoms with E-state index in [1.165, 1.54) is 37.8 Å². The molecule has 0 aliphatic heterocycles. The lowest BCUT2D eigenvalue weighted by atomic mass is 9.73. The van der Waals surface area contributed by atoms with Crippen LogP contribution in [0, 0.1) is 41.0 Å². The van der Waals surface area contributed by atoms with Crippen molar-refractivity contribution in [3.63, 3.8) is 0 Å². The fraction of sp³-hybridized carbons (Fsp3) is 0.500. The lowest BCUT2D eigenvalue weighted by Gasteiger charge is -2.32. The second-order valence-corrected chi connectivity index (χ2v) is 8.82. The van der Waals surface area contributed by atoms with Crippen molar-refractivity contribution >= 4 is 11.6 Å². The number of halogens is 5. The van der Waals surface area contributed by atoms with Gasteiger partial charge in [-0.1, -0.05) is 51.1 Å². The van der Waals surface area contributed by atoms with Gasteiger partial charge in [-0.05, 0) is 72.4 Å². The molecule has 158 valence electrons. The molecule has 3 rings (SSSR count). The van der Waals surface area contributed by atoms with Crippen LogP contribution in [-0.2, 0) is 6.42 Å². The molecule has 0 N–H and O–H groups in total. The minimum atomic E-state index is -1.04. The van der Waals surface area contributed by atoms with E-state index in [1.54, 1.807) is 0 Å². The van der Waals surface area contributed by atoms with Gasteiger partial charge in [-0.2, -0.15) is 0 Å². The normalized spacial score (nSPS) is 20.7. The van der Waals surface area contributed by atoms with Gasteiger partial charge in [0.25, 0.3) is 0 Å². The molecule has 1 atom stereocenters. The minimum absolute atomic E-state index is 0.201. The molecule has 29 heavy (non-hydrogen) atoms. The molecule has 0 amide bonds. The van der Waals surface area contributed by atoms with Crippen LogP contribution in [0.4, 0.5) is 17.6 Å². The van der Waals surface area contributed by atoms with E-state index in [1.807, 2.05) is 0 Å². The van der Waals surface area contributed by atoms with Crippen LogP contribution in [0.15, 0.2) is 24.3 Å². The minimum Gasteiger partial charge on any atom is -0.206 e. The molecule has 2 aromatic carbocycles. The van der Waals surface area contributed by atoms with E-state index in [2.05, 4.69) is 13.8 Å². The fourth-order valence-electron chi connectivity index (χ4n) is 4.71. The molecule has 0 heterocycles. The predicted molar refractivity (Wildman–Crippen MR) is 110 cm³/mol. The Morgan fingerprint density at radius 3 is 1.97 bits per heavy atom. The first-order chi connectivity index (χ1) is 13.8. The summed E-state index contributed by atoms with van der Waals surface area (Å²) in [6.45, 7) is 4.35. The number of hydrogen-bond acceptors (Lipinski definition) is 0. The summed E-state index contributed by atoms with van der Waals surface area (Å²) in [5, 5.41) is -0.686. The number of rotatable bonds is 6. The molecule has 0 bridgehead atoms. The van der Waals surface area contributed by atoms with Crippen LogP contribution >= 0.6 is 11.6 Å². The van der Waals surface area contributed by atoms with Gasteiger partial charge in [0.1, 0.15) is 28.3 Å². The number of hydrogen-bond donors (Lipinski definition) is 0. The van der Waals surface area contributed by atoms with Gasteiger partial charge in [0.05, 0.1) is 5.56 Å². The first-order valence-corrected chi connectivity index (χ1v) is 10.8. The van der Waals surface area contributed by atoms with Crippen LogP contribution < -0.4 is 0 Å². The first-order valence-electron chi connectivity index (χ1n) is 10.4. The molecule has 2 aromatic rings. The topological polar surface area (TPSA) is 0 Å². The quantitative estimate of drug-likeness (QED) is 0.321. The van der Waals surface area contributed by atoms with Gasteiger partial charge in [-0.25, -0.2) is 17.6 Å². The van der Waals surface area contributed by atoms with Crippen molar-refractivity contribution in [3.05, 3.63) is 58.1 Å². The first kappa shape index (κ1) is 22.1. The highest BCUT2D eigenvalue weighted by Gasteiger charge is 2.25. The highest BCUT2D eigenvalue weighted by atomic mass is 35.5. The summed E-state index contributed by atoms with van der Waals surface area (Å²) in [5.74, 6) is -2.02. The summed E-state index contributed by atoms with van der Waals surface area (Å²) in [4.78, 5) is 0. The molecule has 0 radical (unpaired) electrons. The zero-order chi connectivity index (χ0) is 21.1. The second kappa shape index (κ2) is 9.51. The third-order valence-corrected chi connectivity index (χ3v) is 6.69. The molecular weight excluding hydrogens is 400 g/mol. The Kier molecular flexibility index (Phi) is 7.26. The summed E-state index contributed by atoms with van der Waals surface area (Å²) in [5.41, 5.74) is -0.0639. The van der Waals surface area contributed by atoms with Gasteiger partial charge in [-0.3, -0.25) is 0 Å². The lowest BCUT2D eigenvalue weighted by Crippen LogP contribution is -2.21. The Bertz CT molecular complexity index is 810. The largest absolute Gasteiger partial charge is 0.206 e. The molecule has 0 spiro atoms. The van der Waals surface area contributed by atoms with Gasteiger partial charge in [0, 0.05) is 0 Å². The van der Waals surface area contributed by atoms with E-state index in [0.717, 1.165) is 30.9 Å². The van der Waals surface area contributed by atoms with Crippen LogP contribution in [0.3, 0.4) is 0 Å². The average Bonchev–Trinajstić information content (AvgIpc) is 2.66. The number of benzene rings is 2. The van der Waals surface area contributed by atoms with Gasteiger partial charge >= 0.3 is 0 Å². The second-order valence-electron chi connectivity index (χ2n) is 8.44. The fourth-order valence-corrected chi connectivity index (χ4v) is 4.82. The Balaban J connectivity index is 1.74. The van der Waals surface area contributed by atoms with Gasteiger partial charge < -0.3 is 0 Å². The van der Waals surface area contributed by atoms with Crippen molar-refractivity contribution in [2.75, 3.05) is 0 Å². The summed E-state index contributed by atoms with van der Waals surface area (Å²) < 4.78 is 56.8. The molecule has 0 saturated heterocycles. The standard InChI is InChI=1S/C24H27ClF4/c1-3-4-15-5-7-17(8-6-15)14(2)9-16-10-19(26)23(20(27)11-16)18-12-21(28)24(25)22(29)13-18/h10-15,17H,3-9H2,1-2H3. The van der Waals surface area contributed by atoms with Gasteiger partial charge in [-0.15, -0.1) is 0 Å². The van der Waals surface area contributed by atoms with Crippen LogP contribution in [0.25, 0.3) is 11.1 Å². The van der Waals surface area contributed by atoms with Crippen molar-refractivity contribution in [1.29, 1.82) is 0 Å². The zero-order valence-corrected chi connectivity index (χ0v) is 17.6. The van der Waals surface area contributed by atoms with Crippen molar-refractivity contribution < 1.29 is 17.6 Å². The molecule has 1 aliphatic carbocycles. The van der Waals surface area contributed by atoms with Crippen LogP contribution in [0.1, 0.15) is 57.9 Å². The summed E-state index contributed by atoms with van der Waals surface area (Å²) >= 11 is 5.46. The Hall–Kier alpha value is -1.55. The summed E-state index contributed by atoms with van der Waals surface area (Å²) in [6, 6.07) is 4.26. The van der Waals surface area contributed by atoms with Crippen molar-refractivity contribution in [3.8, 4) is 11.1 Å². The lowest BCUT2D eigenvalue weighted by molar-refractivity contribution is 0.206. The molecule has 0 aromatic heterocycles. The van der Waals surface area contributed by atoms with E-state index in [-0.39, 0.29) is 5.56 Å². The molecule has 1 fully saturated rings. The highest BCUT2D eigenvalue weighted by Crippen LogP contribution is 2.37. The summed E-state index contributed by atoms with van der Waals surface area (Å²) in [6.07, 6.45) is 7.88. The Morgan fingerprint density at radius 2 is 1.45 bits per heavy atom. The average molecular weight is 427 g/mol. The summed E-state index contributed by atoms with van der Waals surface area (Å²) in [7, 11) is 0. The van der Waals surface area contributed by atoms with Crippen molar-refractivity contribution in [1.82, 2.24) is 0 Å². The molecular formula is C24H27ClF4. The van der Waals surface area contributed by atoms with Crippen LogP contribution in [-0.4, -0.2) is 0 Å². The smallest absolute Gasteiger partial charge is 0.145 e. The van der Waals surface area contributed by atoms with E-state index >= 15 is 0 Å². The van der Waals surface area contributed by atoms with Gasteiger partial charge in [0.2, 0.25) is 0 Å². The molecule has 0 nitrogen and oxygen atoms in total.